The van der Waals surface area contributed by atoms with E-state index in [4.69, 9.17) is 4.42 Å². The molecule has 0 bridgehead atoms. The highest BCUT2D eigenvalue weighted by Gasteiger charge is 2.34. The zero-order valence-electron chi connectivity index (χ0n) is 43.8. The Labute approximate surface area is 415 Å². The summed E-state index contributed by atoms with van der Waals surface area (Å²) < 4.78 is 7.09. The van der Waals surface area contributed by atoms with Gasteiger partial charge in [0.2, 0.25) is 5.88 Å². The average Bonchev–Trinajstić information content (AvgIpc) is 3.71. The van der Waals surface area contributed by atoms with Crippen molar-refractivity contribution in [3.63, 3.8) is 0 Å². The van der Waals surface area contributed by atoms with Crippen molar-refractivity contribution in [2.75, 3.05) is 14.7 Å². The number of para-hydroxylation sites is 1. The van der Waals surface area contributed by atoms with Crippen LogP contribution in [-0.4, -0.2) is 15.4 Å². The highest BCUT2D eigenvalue weighted by molar-refractivity contribution is 6.88. The molecule has 1 radical (unpaired) electrons. The van der Waals surface area contributed by atoms with E-state index in [2.05, 4.69) is 282 Å². The lowest BCUT2D eigenvalue weighted by Crippen LogP contribution is -2.42. The maximum Gasteiger partial charge on any atom is 0.205 e. The molecule has 0 unspecified atom stereocenters. The molecule has 7 aromatic carbocycles. The fourth-order valence-electron chi connectivity index (χ4n) is 9.51. The van der Waals surface area contributed by atoms with Gasteiger partial charge < -0.3 is 14.2 Å². The quantitative estimate of drug-likeness (QED) is 0.142. The van der Waals surface area contributed by atoms with E-state index in [9.17, 15) is 0 Å². The minimum atomic E-state index is -1.57. The highest BCUT2D eigenvalue weighted by atomic mass is 28.3. The zero-order chi connectivity index (χ0) is 49.4. The van der Waals surface area contributed by atoms with Crippen LogP contribution in [0.15, 0.2) is 162 Å². The Balaban J connectivity index is 1.39. The van der Waals surface area contributed by atoms with Crippen molar-refractivity contribution in [2.45, 2.75) is 124 Å². The Morgan fingerprint density at radius 2 is 0.957 bits per heavy atom. The van der Waals surface area contributed by atoms with Gasteiger partial charge in [0.05, 0.1) is 13.8 Å². The van der Waals surface area contributed by atoms with E-state index < -0.39 is 8.07 Å². The summed E-state index contributed by atoms with van der Waals surface area (Å²) in [5.74, 6) is 0.758. The van der Waals surface area contributed by atoms with Gasteiger partial charge in [-0.1, -0.05) is 186 Å². The molecular formula is C63H71BN3OSi. The van der Waals surface area contributed by atoms with Crippen LogP contribution in [0.2, 0.25) is 19.6 Å². The number of nitrogens with zero attached hydrogens (tertiary/aromatic N) is 3. The van der Waals surface area contributed by atoms with Crippen LogP contribution in [0.3, 0.4) is 0 Å². The van der Waals surface area contributed by atoms with Crippen LogP contribution < -0.4 is 30.8 Å². The first-order valence-corrected chi connectivity index (χ1v) is 28.3. The Morgan fingerprint density at radius 1 is 0.449 bits per heavy atom. The van der Waals surface area contributed by atoms with Crippen molar-refractivity contribution >= 4 is 93.8 Å². The van der Waals surface area contributed by atoms with E-state index in [-0.39, 0.29) is 21.7 Å². The molecular weight excluding hydrogens is 854 g/mol. The van der Waals surface area contributed by atoms with Crippen LogP contribution in [0.25, 0.3) is 11.0 Å². The fourth-order valence-corrected chi connectivity index (χ4v) is 10.7. The van der Waals surface area contributed by atoms with E-state index in [0.717, 1.165) is 67.8 Å². The minimum absolute atomic E-state index is 0.0104. The van der Waals surface area contributed by atoms with Crippen molar-refractivity contribution in [3.05, 3.63) is 180 Å². The van der Waals surface area contributed by atoms with Gasteiger partial charge in [-0.2, -0.15) is 0 Å². The second kappa shape index (κ2) is 17.3. The monoisotopic (exact) mass is 925 g/mol. The van der Waals surface area contributed by atoms with Crippen LogP contribution >= 0.6 is 0 Å². The summed E-state index contributed by atoms with van der Waals surface area (Å²) in [6, 6.07) is 59.2. The molecule has 351 valence electrons. The molecule has 69 heavy (non-hydrogen) atoms. The Morgan fingerprint density at radius 3 is 1.54 bits per heavy atom. The number of benzene rings is 7. The second-order valence-corrected chi connectivity index (χ2v) is 29.5. The smallest absolute Gasteiger partial charge is 0.205 e. The largest absolute Gasteiger partial charge is 0.440 e. The van der Waals surface area contributed by atoms with Crippen LogP contribution in [0.1, 0.15) is 105 Å². The van der Waals surface area contributed by atoms with Gasteiger partial charge in [0.25, 0.3) is 0 Å². The van der Waals surface area contributed by atoms with Crippen LogP contribution in [0.5, 0.6) is 0 Å². The Kier molecular flexibility index (Phi) is 12.0. The molecule has 0 fully saturated rings. The molecule has 1 aliphatic rings. The van der Waals surface area contributed by atoms with Crippen molar-refractivity contribution in [1.29, 1.82) is 0 Å². The average molecular weight is 925 g/mol. The van der Waals surface area contributed by atoms with Crippen LogP contribution in [-0.2, 0) is 21.7 Å². The lowest BCUT2D eigenvalue weighted by atomic mass is 9.58. The maximum absolute atomic E-state index is 7.09. The molecule has 1 aromatic heterocycles. The maximum atomic E-state index is 7.09. The van der Waals surface area contributed by atoms with E-state index in [1.807, 2.05) is 0 Å². The summed E-state index contributed by atoms with van der Waals surface area (Å²) in [5.41, 5.74) is 16.8. The van der Waals surface area contributed by atoms with Crippen LogP contribution in [0, 0.1) is 0 Å². The van der Waals surface area contributed by atoms with Gasteiger partial charge in [0.1, 0.15) is 5.58 Å². The first-order chi connectivity index (χ1) is 32.3. The third-order valence-electron chi connectivity index (χ3n) is 13.9. The third-order valence-corrected chi connectivity index (χ3v) is 15.9. The second-order valence-electron chi connectivity index (χ2n) is 24.4. The molecule has 0 aliphatic carbocycles. The van der Waals surface area contributed by atoms with E-state index in [1.54, 1.807) is 0 Å². The molecule has 0 saturated carbocycles. The van der Waals surface area contributed by atoms with E-state index in [0.29, 0.717) is 0 Å². The molecule has 2 heterocycles. The van der Waals surface area contributed by atoms with Crippen molar-refractivity contribution in [1.82, 2.24) is 0 Å². The Hall–Kier alpha value is -6.24. The number of rotatable bonds is 8. The van der Waals surface area contributed by atoms with E-state index >= 15 is 0 Å². The summed E-state index contributed by atoms with van der Waals surface area (Å²) in [7, 11) is 0.851. The summed E-state index contributed by atoms with van der Waals surface area (Å²) in [6.45, 7) is 34.7. The predicted octanol–water partition coefficient (Wildman–Crippen LogP) is 16.5. The van der Waals surface area contributed by atoms with Crippen LogP contribution in [0.4, 0.5) is 51.4 Å². The minimum Gasteiger partial charge on any atom is -0.440 e. The van der Waals surface area contributed by atoms with Gasteiger partial charge in [-0.15, -0.1) is 0 Å². The third kappa shape index (κ3) is 9.58. The molecule has 0 spiro atoms. The predicted molar refractivity (Wildman–Crippen MR) is 303 cm³/mol. The normalized spacial score (nSPS) is 13.2. The molecule has 9 rings (SSSR count). The fraction of sp³-hybridized carbons (Fsp3) is 0.302. The number of furan rings is 1. The molecule has 4 nitrogen and oxygen atoms in total. The topological polar surface area (TPSA) is 22.9 Å². The number of anilines is 9. The molecule has 0 atom stereocenters. The van der Waals surface area contributed by atoms with Gasteiger partial charge in [-0.05, 0) is 128 Å². The van der Waals surface area contributed by atoms with Gasteiger partial charge in [-0.3, -0.25) is 4.90 Å². The SMILES string of the molecule is CC(C)(C)c1ccc(N(c2cc3cc(C(C)(C)C)ccc3o2)c2cc(N(c3ccccc3)c3ccc([Si](C)(C)C)cc3)cc3c2[B]c2cc(C(C)(C)C)ccc2N3c2ccc(C(C)(C)C)cc2)cc1. The molecule has 8 aromatic rings. The summed E-state index contributed by atoms with van der Waals surface area (Å²) in [6.07, 6.45) is 0. The van der Waals surface area contributed by atoms with Gasteiger partial charge in [0.15, 0.2) is 7.28 Å². The van der Waals surface area contributed by atoms with Gasteiger partial charge >= 0.3 is 0 Å². The Bertz CT molecular complexity index is 3130. The standard InChI is InChI=1S/C63H71BN3OSi/c1-60(2,3)43-21-27-49(28-22-43)66-54-35-25-46(63(10,11)12)39-53(54)64-59-55(66)40-51(65(47-19-17-16-18-20-47)48-31-33-52(34-32-48)69(13,14)15)41-56(59)67(50-29-23-44(24-30-50)61(4,5)6)58-38-42-37-45(62(7,8)9)26-36-57(42)68-58/h16-41H,1-15H3. The van der Waals surface area contributed by atoms with Crippen molar-refractivity contribution in [3.8, 4) is 0 Å². The lowest BCUT2D eigenvalue weighted by Gasteiger charge is -2.39. The first-order valence-electron chi connectivity index (χ1n) is 24.8. The van der Waals surface area contributed by atoms with Crippen molar-refractivity contribution < 1.29 is 4.42 Å². The number of fused-ring (bicyclic) bond motifs is 3. The number of hydrogen-bond donors (Lipinski definition) is 0. The summed E-state index contributed by atoms with van der Waals surface area (Å²) >= 11 is 0. The molecule has 1 aliphatic heterocycles. The zero-order valence-corrected chi connectivity index (χ0v) is 44.8. The first kappa shape index (κ1) is 47.8. The summed E-state index contributed by atoms with van der Waals surface area (Å²) in [5, 5.41) is 2.51. The molecule has 0 N–H and O–H groups in total. The molecule has 0 saturated heterocycles. The van der Waals surface area contributed by atoms with Gasteiger partial charge in [-0.25, -0.2) is 0 Å². The lowest BCUT2D eigenvalue weighted by molar-refractivity contribution is 0.589. The van der Waals surface area contributed by atoms with Crippen molar-refractivity contribution in [2.24, 2.45) is 0 Å². The summed E-state index contributed by atoms with van der Waals surface area (Å²) in [4.78, 5) is 7.27. The molecule has 0 amide bonds. The van der Waals surface area contributed by atoms with Gasteiger partial charge in [0, 0.05) is 51.3 Å². The molecule has 6 heteroatoms. The van der Waals surface area contributed by atoms with E-state index in [1.165, 1.54) is 32.9 Å². The number of hydrogen-bond acceptors (Lipinski definition) is 4. The highest BCUT2D eigenvalue weighted by Crippen LogP contribution is 2.47.